The number of anilines is 1. The van der Waals surface area contributed by atoms with E-state index < -0.39 is 5.91 Å². The summed E-state index contributed by atoms with van der Waals surface area (Å²) in [5.74, 6) is 1.15. The van der Waals surface area contributed by atoms with E-state index in [0.717, 1.165) is 6.42 Å². The minimum atomic E-state index is -0.528. The summed E-state index contributed by atoms with van der Waals surface area (Å²) >= 11 is 0. The smallest absolute Gasteiger partial charge is 0.248 e. The van der Waals surface area contributed by atoms with Gasteiger partial charge in [0.05, 0.1) is 12.3 Å². The van der Waals surface area contributed by atoms with Gasteiger partial charge in [-0.3, -0.25) is 4.79 Å². The van der Waals surface area contributed by atoms with E-state index >= 15 is 0 Å². The lowest BCUT2D eigenvalue weighted by atomic mass is 10.2. The zero-order chi connectivity index (χ0) is 15.2. The molecule has 0 unspecified atom stereocenters. The summed E-state index contributed by atoms with van der Waals surface area (Å²) in [5, 5.41) is 0. The lowest BCUT2D eigenvalue weighted by Gasteiger charge is -2.13. The minimum Gasteiger partial charge on any atom is -0.490 e. The van der Waals surface area contributed by atoms with Crippen LogP contribution in [-0.4, -0.2) is 12.5 Å². The van der Waals surface area contributed by atoms with Crippen LogP contribution < -0.4 is 20.9 Å². The van der Waals surface area contributed by atoms with Crippen LogP contribution in [-0.2, 0) is 0 Å². The lowest BCUT2D eigenvalue weighted by molar-refractivity contribution is 0.100. The fourth-order valence-corrected chi connectivity index (χ4v) is 1.78. The Bertz CT molecular complexity index is 641. The number of amides is 1. The van der Waals surface area contributed by atoms with E-state index in [1.165, 1.54) is 6.07 Å². The zero-order valence-corrected chi connectivity index (χ0v) is 11.8. The molecule has 0 fully saturated rings. The van der Waals surface area contributed by atoms with Crippen molar-refractivity contribution in [1.82, 2.24) is 0 Å². The Hall–Kier alpha value is -2.69. The Morgan fingerprint density at radius 1 is 1.10 bits per heavy atom. The van der Waals surface area contributed by atoms with Crippen molar-refractivity contribution in [2.75, 3.05) is 12.3 Å². The van der Waals surface area contributed by atoms with Crippen molar-refractivity contribution < 1.29 is 14.3 Å². The largest absolute Gasteiger partial charge is 0.490 e. The van der Waals surface area contributed by atoms with Crippen LogP contribution in [0.2, 0.25) is 0 Å². The van der Waals surface area contributed by atoms with Crippen LogP contribution in [0.15, 0.2) is 42.5 Å². The second-order valence-corrected chi connectivity index (χ2v) is 4.51. The van der Waals surface area contributed by atoms with Gasteiger partial charge in [-0.2, -0.15) is 0 Å². The molecule has 110 valence electrons. The molecule has 5 nitrogen and oxygen atoms in total. The SMILES string of the molecule is CCCOc1ccccc1Oc1ccc(C(N)=O)cc1N. The van der Waals surface area contributed by atoms with Gasteiger partial charge in [0.2, 0.25) is 5.91 Å². The number of hydrogen-bond donors (Lipinski definition) is 2. The maximum absolute atomic E-state index is 11.1. The number of para-hydroxylation sites is 2. The van der Waals surface area contributed by atoms with E-state index in [1.54, 1.807) is 18.2 Å². The third-order valence-corrected chi connectivity index (χ3v) is 2.83. The van der Waals surface area contributed by atoms with Gasteiger partial charge in [-0.1, -0.05) is 19.1 Å². The summed E-state index contributed by atoms with van der Waals surface area (Å²) in [6.45, 7) is 2.64. The number of carbonyl (C=O) groups excluding carboxylic acids is 1. The summed E-state index contributed by atoms with van der Waals surface area (Å²) in [6, 6.07) is 12.0. The number of nitrogens with two attached hydrogens (primary N) is 2. The molecule has 0 aliphatic carbocycles. The van der Waals surface area contributed by atoms with Crippen molar-refractivity contribution in [1.29, 1.82) is 0 Å². The van der Waals surface area contributed by atoms with Gasteiger partial charge in [-0.05, 0) is 36.8 Å². The molecule has 0 saturated carbocycles. The molecular weight excluding hydrogens is 268 g/mol. The first kappa shape index (κ1) is 14.7. The Kier molecular flexibility index (Phi) is 4.66. The average Bonchev–Trinajstić information content (AvgIpc) is 2.48. The van der Waals surface area contributed by atoms with Gasteiger partial charge < -0.3 is 20.9 Å². The number of primary amides is 1. The number of benzene rings is 2. The predicted octanol–water partition coefficient (Wildman–Crippen LogP) is 2.95. The Labute approximate surface area is 123 Å². The molecule has 2 aromatic rings. The molecule has 1 amide bonds. The maximum Gasteiger partial charge on any atom is 0.248 e. The molecule has 2 rings (SSSR count). The fourth-order valence-electron chi connectivity index (χ4n) is 1.78. The molecule has 0 atom stereocenters. The maximum atomic E-state index is 11.1. The molecule has 0 heterocycles. The van der Waals surface area contributed by atoms with Crippen LogP contribution >= 0.6 is 0 Å². The highest BCUT2D eigenvalue weighted by Crippen LogP contribution is 2.34. The van der Waals surface area contributed by atoms with Gasteiger partial charge in [0, 0.05) is 5.56 Å². The number of carbonyl (C=O) groups is 1. The Morgan fingerprint density at radius 2 is 1.81 bits per heavy atom. The number of hydrogen-bond acceptors (Lipinski definition) is 4. The second kappa shape index (κ2) is 6.65. The Balaban J connectivity index is 2.24. The van der Waals surface area contributed by atoms with Crippen LogP contribution in [0.5, 0.6) is 17.2 Å². The first-order valence-corrected chi connectivity index (χ1v) is 6.71. The van der Waals surface area contributed by atoms with Gasteiger partial charge in [-0.15, -0.1) is 0 Å². The van der Waals surface area contributed by atoms with Crippen molar-refractivity contribution in [2.24, 2.45) is 5.73 Å². The highest BCUT2D eigenvalue weighted by atomic mass is 16.5. The molecule has 0 bridgehead atoms. The van der Waals surface area contributed by atoms with E-state index in [4.69, 9.17) is 20.9 Å². The topological polar surface area (TPSA) is 87.6 Å². The molecule has 0 aliphatic heterocycles. The summed E-state index contributed by atoms with van der Waals surface area (Å²) < 4.78 is 11.4. The third kappa shape index (κ3) is 3.66. The normalized spacial score (nSPS) is 10.1. The van der Waals surface area contributed by atoms with E-state index in [-0.39, 0.29) is 0 Å². The fraction of sp³-hybridized carbons (Fsp3) is 0.188. The standard InChI is InChI=1S/C16H18N2O3/c1-2-9-20-14-5-3-4-6-15(14)21-13-8-7-11(16(18)19)10-12(13)17/h3-8,10H,2,9,17H2,1H3,(H2,18,19). The minimum absolute atomic E-state index is 0.343. The molecule has 21 heavy (non-hydrogen) atoms. The van der Waals surface area contributed by atoms with Crippen LogP contribution in [0.25, 0.3) is 0 Å². The molecule has 0 radical (unpaired) electrons. The number of ether oxygens (including phenoxy) is 2. The molecule has 0 aromatic heterocycles. The van der Waals surface area contributed by atoms with Crippen molar-refractivity contribution in [3.8, 4) is 17.2 Å². The van der Waals surface area contributed by atoms with Crippen molar-refractivity contribution in [3.05, 3.63) is 48.0 Å². The van der Waals surface area contributed by atoms with Crippen LogP contribution in [0.1, 0.15) is 23.7 Å². The number of nitrogen functional groups attached to an aromatic ring is 1. The van der Waals surface area contributed by atoms with E-state index in [1.807, 2.05) is 25.1 Å². The molecular formula is C16H18N2O3. The van der Waals surface area contributed by atoms with Gasteiger partial charge >= 0.3 is 0 Å². The first-order valence-electron chi connectivity index (χ1n) is 6.71. The molecule has 4 N–H and O–H groups in total. The van der Waals surface area contributed by atoms with Gasteiger partial charge in [0.1, 0.15) is 0 Å². The molecule has 2 aromatic carbocycles. The second-order valence-electron chi connectivity index (χ2n) is 4.51. The van der Waals surface area contributed by atoms with E-state index in [9.17, 15) is 4.79 Å². The van der Waals surface area contributed by atoms with Gasteiger partial charge in [0.25, 0.3) is 0 Å². The summed E-state index contributed by atoms with van der Waals surface area (Å²) in [6.07, 6.45) is 0.907. The Morgan fingerprint density at radius 3 is 2.43 bits per heavy atom. The van der Waals surface area contributed by atoms with Crippen molar-refractivity contribution in [2.45, 2.75) is 13.3 Å². The summed E-state index contributed by atoms with van der Waals surface area (Å²) in [7, 11) is 0. The first-order chi connectivity index (χ1) is 10.1. The van der Waals surface area contributed by atoms with Crippen LogP contribution in [0.4, 0.5) is 5.69 Å². The predicted molar refractivity (Wildman–Crippen MR) is 81.7 cm³/mol. The van der Waals surface area contributed by atoms with Crippen molar-refractivity contribution in [3.63, 3.8) is 0 Å². The highest BCUT2D eigenvalue weighted by Gasteiger charge is 2.10. The summed E-state index contributed by atoms with van der Waals surface area (Å²) in [4.78, 5) is 11.1. The van der Waals surface area contributed by atoms with E-state index in [2.05, 4.69) is 0 Å². The monoisotopic (exact) mass is 286 g/mol. The highest BCUT2D eigenvalue weighted by molar-refractivity contribution is 5.94. The van der Waals surface area contributed by atoms with Crippen LogP contribution in [0, 0.1) is 0 Å². The molecule has 0 spiro atoms. The number of rotatable bonds is 6. The zero-order valence-electron chi connectivity index (χ0n) is 11.8. The molecule has 5 heteroatoms. The third-order valence-electron chi connectivity index (χ3n) is 2.83. The quantitative estimate of drug-likeness (QED) is 0.799. The van der Waals surface area contributed by atoms with Crippen LogP contribution in [0.3, 0.4) is 0 Å². The van der Waals surface area contributed by atoms with Gasteiger partial charge in [0.15, 0.2) is 17.2 Å². The summed E-state index contributed by atoms with van der Waals surface area (Å²) in [5.41, 5.74) is 11.8. The average molecular weight is 286 g/mol. The van der Waals surface area contributed by atoms with Crippen molar-refractivity contribution >= 4 is 11.6 Å². The van der Waals surface area contributed by atoms with E-state index in [0.29, 0.717) is 35.1 Å². The van der Waals surface area contributed by atoms with Gasteiger partial charge in [-0.25, -0.2) is 0 Å². The molecule has 0 aliphatic rings. The lowest BCUT2D eigenvalue weighted by Crippen LogP contribution is -2.11. The molecule has 0 saturated heterocycles.